The van der Waals surface area contributed by atoms with Crippen LogP contribution in [0.15, 0.2) is 18.2 Å². The third-order valence-corrected chi connectivity index (χ3v) is 3.48. The highest BCUT2D eigenvalue weighted by molar-refractivity contribution is 5.94. The van der Waals surface area contributed by atoms with Gasteiger partial charge in [0, 0.05) is 0 Å². The van der Waals surface area contributed by atoms with Crippen LogP contribution in [0.25, 0.3) is 0 Å². The molecule has 3 nitrogen and oxygen atoms in total. The second-order valence-electron chi connectivity index (χ2n) is 4.87. The van der Waals surface area contributed by atoms with Gasteiger partial charge in [-0.3, -0.25) is 4.79 Å². The maximum absolute atomic E-state index is 13.8. The summed E-state index contributed by atoms with van der Waals surface area (Å²) < 4.78 is 13.8. The first-order valence-corrected chi connectivity index (χ1v) is 6.33. The van der Waals surface area contributed by atoms with Crippen molar-refractivity contribution in [2.45, 2.75) is 44.8 Å². The number of aryl methyl sites for hydroxylation is 1. The summed E-state index contributed by atoms with van der Waals surface area (Å²) in [5.74, 6) is -0.928. The van der Waals surface area contributed by atoms with Gasteiger partial charge in [-0.2, -0.15) is 0 Å². The molecule has 2 atom stereocenters. The number of amides is 1. The average molecular weight is 251 g/mol. The summed E-state index contributed by atoms with van der Waals surface area (Å²) in [6, 6.07) is 4.49. The Morgan fingerprint density at radius 2 is 2.11 bits per heavy atom. The molecule has 2 N–H and O–H groups in total. The molecule has 0 heterocycles. The molecular formula is C14H18FNO2. The third kappa shape index (κ3) is 2.70. The first kappa shape index (κ1) is 13.0. The van der Waals surface area contributed by atoms with Gasteiger partial charge in [0.15, 0.2) is 0 Å². The summed E-state index contributed by atoms with van der Waals surface area (Å²) in [5.41, 5.74) is 0.500. The highest BCUT2D eigenvalue weighted by Gasteiger charge is 2.25. The van der Waals surface area contributed by atoms with Crippen LogP contribution in [-0.2, 0) is 0 Å². The molecule has 0 bridgehead atoms. The van der Waals surface area contributed by atoms with E-state index >= 15 is 0 Å². The van der Waals surface area contributed by atoms with Gasteiger partial charge in [-0.1, -0.05) is 25.0 Å². The summed E-state index contributed by atoms with van der Waals surface area (Å²) in [5, 5.41) is 12.5. The Bertz CT molecular complexity index is 447. The molecule has 0 unspecified atom stereocenters. The van der Waals surface area contributed by atoms with Crippen molar-refractivity contribution >= 4 is 5.91 Å². The SMILES string of the molecule is Cc1cccc(C(=O)N[C@H]2CCCC[C@@H]2O)c1F. The summed E-state index contributed by atoms with van der Waals surface area (Å²) in [4.78, 5) is 12.0. The van der Waals surface area contributed by atoms with Crippen molar-refractivity contribution in [3.8, 4) is 0 Å². The first-order valence-electron chi connectivity index (χ1n) is 6.33. The molecule has 1 amide bonds. The fourth-order valence-electron chi connectivity index (χ4n) is 2.35. The lowest BCUT2D eigenvalue weighted by Crippen LogP contribution is -2.45. The molecule has 0 radical (unpaired) electrons. The van der Waals surface area contributed by atoms with Crippen LogP contribution in [0.3, 0.4) is 0 Å². The van der Waals surface area contributed by atoms with E-state index in [9.17, 15) is 14.3 Å². The topological polar surface area (TPSA) is 49.3 Å². The lowest BCUT2D eigenvalue weighted by atomic mass is 9.92. The highest BCUT2D eigenvalue weighted by atomic mass is 19.1. The molecule has 0 saturated heterocycles. The van der Waals surface area contributed by atoms with Crippen LogP contribution < -0.4 is 5.32 Å². The lowest BCUT2D eigenvalue weighted by molar-refractivity contribution is 0.0714. The highest BCUT2D eigenvalue weighted by Crippen LogP contribution is 2.19. The third-order valence-electron chi connectivity index (χ3n) is 3.48. The standard InChI is InChI=1S/C14H18FNO2/c1-9-5-4-6-10(13(9)15)14(18)16-11-7-2-3-8-12(11)17/h4-6,11-12,17H,2-3,7-8H2,1H3,(H,16,18)/t11-,12-/m0/s1. The maximum Gasteiger partial charge on any atom is 0.254 e. The Morgan fingerprint density at radius 1 is 1.39 bits per heavy atom. The lowest BCUT2D eigenvalue weighted by Gasteiger charge is -2.28. The molecule has 1 aromatic rings. The van der Waals surface area contributed by atoms with Crippen LogP contribution in [0.2, 0.25) is 0 Å². The van der Waals surface area contributed by atoms with Gasteiger partial charge in [0.1, 0.15) is 5.82 Å². The Labute approximate surface area is 106 Å². The number of hydrogen-bond acceptors (Lipinski definition) is 2. The molecule has 2 rings (SSSR count). The molecule has 18 heavy (non-hydrogen) atoms. The number of aliphatic hydroxyl groups excluding tert-OH is 1. The van der Waals surface area contributed by atoms with Crippen molar-refractivity contribution in [3.63, 3.8) is 0 Å². The number of halogens is 1. The second kappa shape index (κ2) is 5.48. The van der Waals surface area contributed by atoms with Crippen molar-refractivity contribution in [1.29, 1.82) is 0 Å². The number of hydrogen-bond donors (Lipinski definition) is 2. The zero-order chi connectivity index (χ0) is 13.1. The van der Waals surface area contributed by atoms with Crippen molar-refractivity contribution in [3.05, 3.63) is 35.1 Å². The second-order valence-corrected chi connectivity index (χ2v) is 4.87. The van der Waals surface area contributed by atoms with E-state index in [1.165, 1.54) is 6.07 Å². The molecule has 98 valence electrons. The van der Waals surface area contributed by atoms with Gasteiger partial charge in [-0.05, 0) is 31.4 Å². The van der Waals surface area contributed by atoms with Gasteiger partial charge in [0.25, 0.3) is 5.91 Å². The van der Waals surface area contributed by atoms with Crippen LogP contribution in [-0.4, -0.2) is 23.2 Å². The van der Waals surface area contributed by atoms with Crippen LogP contribution >= 0.6 is 0 Å². The molecule has 1 fully saturated rings. The Hall–Kier alpha value is -1.42. The van der Waals surface area contributed by atoms with Gasteiger partial charge in [-0.25, -0.2) is 4.39 Å². The average Bonchev–Trinajstić information content (AvgIpc) is 2.35. The minimum absolute atomic E-state index is 0.0489. The van der Waals surface area contributed by atoms with Crippen LogP contribution in [0.5, 0.6) is 0 Å². The summed E-state index contributed by atoms with van der Waals surface area (Å²) >= 11 is 0. The minimum atomic E-state index is -0.518. The minimum Gasteiger partial charge on any atom is -0.391 e. The fourth-order valence-corrected chi connectivity index (χ4v) is 2.35. The van der Waals surface area contributed by atoms with Crippen LogP contribution in [0.4, 0.5) is 4.39 Å². The zero-order valence-electron chi connectivity index (χ0n) is 10.4. The number of rotatable bonds is 2. The van der Waals surface area contributed by atoms with Crippen LogP contribution in [0, 0.1) is 12.7 Å². The molecule has 1 aromatic carbocycles. The normalized spacial score (nSPS) is 23.7. The van der Waals surface area contributed by atoms with E-state index < -0.39 is 17.8 Å². The van der Waals surface area contributed by atoms with E-state index in [1.54, 1.807) is 19.1 Å². The van der Waals surface area contributed by atoms with Gasteiger partial charge in [0.05, 0.1) is 17.7 Å². The predicted octanol–water partition coefficient (Wildman–Crippen LogP) is 2.17. The molecule has 1 aliphatic carbocycles. The molecule has 0 aliphatic heterocycles. The van der Waals surface area contributed by atoms with E-state index in [0.29, 0.717) is 12.0 Å². The maximum atomic E-state index is 13.8. The summed E-state index contributed by atoms with van der Waals surface area (Å²) in [6.45, 7) is 1.63. The van der Waals surface area contributed by atoms with Crippen LogP contribution in [0.1, 0.15) is 41.6 Å². The molecular weight excluding hydrogens is 233 g/mol. The Kier molecular flexibility index (Phi) is 3.97. The van der Waals surface area contributed by atoms with Crippen molar-refractivity contribution < 1.29 is 14.3 Å². The Balaban J connectivity index is 2.09. The largest absolute Gasteiger partial charge is 0.391 e. The first-order chi connectivity index (χ1) is 8.59. The van der Waals surface area contributed by atoms with Crippen molar-refractivity contribution in [2.24, 2.45) is 0 Å². The van der Waals surface area contributed by atoms with Gasteiger partial charge in [-0.15, -0.1) is 0 Å². The number of carbonyl (C=O) groups excluding carboxylic acids is 1. The molecule has 1 aliphatic rings. The predicted molar refractivity (Wildman–Crippen MR) is 66.9 cm³/mol. The monoisotopic (exact) mass is 251 g/mol. The van der Waals surface area contributed by atoms with Gasteiger partial charge in [0.2, 0.25) is 0 Å². The van der Waals surface area contributed by atoms with Crippen molar-refractivity contribution in [1.82, 2.24) is 5.32 Å². The van der Waals surface area contributed by atoms with E-state index in [-0.39, 0.29) is 11.6 Å². The molecule has 1 saturated carbocycles. The zero-order valence-corrected chi connectivity index (χ0v) is 10.4. The van der Waals surface area contributed by atoms with E-state index in [2.05, 4.69) is 5.32 Å². The van der Waals surface area contributed by atoms with E-state index in [1.807, 2.05) is 0 Å². The van der Waals surface area contributed by atoms with E-state index in [4.69, 9.17) is 0 Å². The number of nitrogens with one attached hydrogen (secondary N) is 1. The molecule has 4 heteroatoms. The Morgan fingerprint density at radius 3 is 2.83 bits per heavy atom. The summed E-state index contributed by atoms with van der Waals surface area (Å²) in [6.07, 6.45) is 2.89. The fraction of sp³-hybridized carbons (Fsp3) is 0.500. The molecule has 0 spiro atoms. The number of aliphatic hydroxyl groups is 1. The van der Waals surface area contributed by atoms with Crippen molar-refractivity contribution in [2.75, 3.05) is 0 Å². The van der Waals surface area contributed by atoms with Gasteiger partial charge < -0.3 is 10.4 Å². The van der Waals surface area contributed by atoms with Gasteiger partial charge >= 0.3 is 0 Å². The smallest absolute Gasteiger partial charge is 0.254 e. The number of carbonyl (C=O) groups is 1. The molecule has 0 aromatic heterocycles. The quantitative estimate of drug-likeness (QED) is 0.846. The van der Waals surface area contributed by atoms with E-state index in [0.717, 1.165) is 19.3 Å². The number of benzene rings is 1. The summed E-state index contributed by atoms with van der Waals surface area (Å²) in [7, 11) is 0.